The molecule has 0 bridgehead atoms. The lowest BCUT2D eigenvalue weighted by atomic mass is 9.85. The first kappa shape index (κ1) is 18.1. The van der Waals surface area contributed by atoms with Crippen LogP contribution in [0, 0.1) is 17.2 Å². The molecule has 2 aliphatic rings. The highest BCUT2D eigenvalue weighted by molar-refractivity contribution is 5.85. The molecule has 1 aromatic carbocycles. The van der Waals surface area contributed by atoms with Gasteiger partial charge in [0, 0.05) is 12.1 Å². The van der Waals surface area contributed by atoms with E-state index < -0.39 is 12.0 Å². The van der Waals surface area contributed by atoms with Crippen molar-refractivity contribution in [2.45, 2.75) is 44.2 Å². The van der Waals surface area contributed by atoms with Crippen molar-refractivity contribution in [3.8, 4) is 17.6 Å². The molecule has 1 N–H and O–H groups in total. The molecule has 3 atom stereocenters. The molecule has 0 radical (unpaired) electrons. The molecule has 1 saturated carbocycles. The van der Waals surface area contributed by atoms with Crippen LogP contribution in [0.3, 0.4) is 0 Å². The maximum absolute atomic E-state index is 12.8. The van der Waals surface area contributed by atoms with Gasteiger partial charge in [0.15, 0.2) is 18.1 Å². The van der Waals surface area contributed by atoms with E-state index >= 15 is 0 Å². The number of benzene rings is 1. The minimum atomic E-state index is -0.955. The second kappa shape index (κ2) is 7.65. The molecule has 3 rings (SSSR count). The zero-order valence-corrected chi connectivity index (χ0v) is 14.7. The van der Waals surface area contributed by atoms with Crippen molar-refractivity contribution >= 4 is 11.9 Å². The summed E-state index contributed by atoms with van der Waals surface area (Å²) in [5.74, 6) is -0.296. The minimum absolute atomic E-state index is 0.0104. The predicted octanol–water partition coefficient (Wildman–Crippen LogP) is 2.19. The molecule has 26 heavy (non-hydrogen) atoms. The van der Waals surface area contributed by atoms with Crippen LogP contribution in [-0.4, -0.2) is 47.7 Å². The summed E-state index contributed by atoms with van der Waals surface area (Å²) in [5, 5.41) is 18.5. The van der Waals surface area contributed by atoms with Gasteiger partial charge in [0.2, 0.25) is 0 Å². The number of carbonyl (C=O) groups is 2. The molecule has 1 saturated heterocycles. The zero-order valence-electron chi connectivity index (χ0n) is 14.7. The first-order valence-electron chi connectivity index (χ1n) is 8.80. The number of methoxy groups -OCH3 is 1. The average Bonchev–Trinajstić information content (AvgIpc) is 3.06. The molecular formula is C19H22N2O5. The third-order valence-corrected chi connectivity index (χ3v) is 5.30. The number of nitriles is 1. The summed E-state index contributed by atoms with van der Waals surface area (Å²) in [6.07, 6.45) is 4.45. The first-order valence-corrected chi connectivity index (χ1v) is 8.80. The lowest BCUT2D eigenvalue weighted by molar-refractivity contribution is -0.150. The van der Waals surface area contributed by atoms with Crippen molar-refractivity contribution in [2.24, 2.45) is 5.92 Å². The van der Waals surface area contributed by atoms with Crippen LogP contribution in [0.25, 0.3) is 0 Å². The van der Waals surface area contributed by atoms with Gasteiger partial charge in [-0.1, -0.05) is 12.8 Å². The molecule has 1 heterocycles. The Balaban J connectivity index is 1.72. The van der Waals surface area contributed by atoms with Crippen molar-refractivity contribution in [1.82, 2.24) is 4.90 Å². The number of aliphatic carboxylic acids is 1. The highest BCUT2D eigenvalue weighted by atomic mass is 16.5. The van der Waals surface area contributed by atoms with Crippen LogP contribution in [0.1, 0.15) is 37.7 Å². The fraction of sp³-hybridized carbons (Fsp3) is 0.526. The Kier molecular flexibility index (Phi) is 5.31. The smallest absolute Gasteiger partial charge is 0.326 e. The van der Waals surface area contributed by atoms with Crippen molar-refractivity contribution in [3.05, 3.63) is 23.8 Å². The Bertz CT molecular complexity index is 742. The maximum atomic E-state index is 12.8. The molecular weight excluding hydrogens is 336 g/mol. The number of hydrogen-bond acceptors (Lipinski definition) is 5. The van der Waals surface area contributed by atoms with E-state index in [1.807, 2.05) is 6.07 Å². The standard InChI is InChI=1S/C19H22N2O5/c1-25-17-8-12(10-20)6-7-16(17)26-11-18(22)21-14-5-3-2-4-13(14)9-15(21)19(23)24/h6-8,13-15H,2-5,9,11H2,1H3,(H,23,24). The molecule has 1 aliphatic carbocycles. The van der Waals surface area contributed by atoms with Crippen LogP contribution in [0.15, 0.2) is 18.2 Å². The molecule has 7 nitrogen and oxygen atoms in total. The van der Waals surface area contributed by atoms with Crippen LogP contribution >= 0.6 is 0 Å². The molecule has 1 amide bonds. The molecule has 0 spiro atoms. The normalized spacial score (nSPS) is 24.5. The summed E-state index contributed by atoms with van der Waals surface area (Å²) in [6, 6.07) is 5.92. The summed E-state index contributed by atoms with van der Waals surface area (Å²) < 4.78 is 10.8. The lowest BCUT2D eigenvalue weighted by Gasteiger charge is -2.32. The third-order valence-electron chi connectivity index (χ3n) is 5.30. The number of amides is 1. The number of nitrogens with zero attached hydrogens (tertiary/aromatic N) is 2. The summed E-state index contributed by atoms with van der Waals surface area (Å²) in [6.45, 7) is -0.255. The van der Waals surface area contributed by atoms with Gasteiger partial charge in [-0.2, -0.15) is 5.26 Å². The van der Waals surface area contributed by atoms with E-state index in [2.05, 4.69) is 0 Å². The SMILES string of the molecule is COc1cc(C#N)ccc1OCC(=O)N1C(C(=O)O)CC2CCCCC21. The van der Waals surface area contributed by atoms with E-state index in [4.69, 9.17) is 14.7 Å². The number of carboxylic acids is 1. The molecule has 1 aliphatic heterocycles. The summed E-state index contributed by atoms with van der Waals surface area (Å²) >= 11 is 0. The Morgan fingerprint density at radius 2 is 2.08 bits per heavy atom. The number of rotatable bonds is 5. The van der Waals surface area contributed by atoms with Gasteiger partial charge in [-0.05, 0) is 37.3 Å². The van der Waals surface area contributed by atoms with Crippen LogP contribution < -0.4 is 9.47 Å². The topological polar surface area (TPSA) is 99.9 Å². The molecule has 138 valence electrons. The Hall–Kier alpha value is -2.75. The highest BCUT2D eigenvalue weighted by Gasteiger charge is 2.47. The molecule has 1 aromatic rings. The van der Waals surface area contributed by atoms with Gasteiger partial charge in [-0.15, -0.1) is 0 Å². The fourth-order valence-electron chi connectivity index (χ4n) is 4.11. The van der Waals surface area contributed by atoms with Gasteiger partial charge < -0.3 is 19.5 Å². The van der Waals surface area contributed by atoms with Gasteiger partial charge >= 0.3 is 5.97 Å². The summed E-state index contributed by atoms with van der Waals surface area (Å²) in [7, 11) is 1.46. The second-order valence-corrected chi connectivity index (χ2v) is 6.77. The summed E-state index contributed by atoms with van der Waals surface area (Å²) in [5.41, 5.74) is 0.427. The third kappa shape index (κ3) is 3.45. The molecule has 0 aromatic heterocycles. The van der Waals surface area contributed by atoms with Gasteiger partial charge in [0.25, 0.3) is 5.91 Å². The predicted molar refractivity (Wildman–Crippen MR) is 91.8 cm³/mol. The fourth-order valence-corrected chi connectivity index (χ4v) is 4.11. The largest absolute Gasteiger partial charge is 0.493 e. The van der Waals surface area contributed by atoms with E-state index in [1.54, 1.807) is 12.1 Å². The monoisotopic (exact) mass is 358 g/mol. The lowest BCUT2D eigenvalue weighted by Crippen LogP contribution is -2.48. The average molecular weight is 358 g/mol. The van der Waals surface area contributed by atoms with Crippen LogP contribution in [0.4, 0.5) is 0 Å². The quantitative estimate of drug-likeness (QED) is 0.866. The van der Waals surface area contributed by atoms with Crippen molar-refractivity contribution < 1.29 is 24.2 Å². The number of carbonyl (C=O) groups excluding carboxylic acids is 1. The Labute approximate surface area is 152 Å². The number of fused-ring (bicyclic) bond motifs is 1. The van der Waals surface area contributed by atoms with Gasteiger partial charge in [-0.25, -0.2) is 4.79 Å². The Morgan fingerprint density at radius 1 is 1.31 bits per heavy atom. The molecule has 2 fully saturated rings. The van der Waals surface area contributed by atoms with E-state index in [0.29, 0.717) is 23.5 Å². The van der Waals surface area contributed by atoms with Crippen LogP contribution in [-0.2, 0) is 9.59 Å². The number of ether oxygens (including phenoxy) is 2. The number of hydrogen-bond donors (Lipinski definition) is 1. The zero-order chi connectivity index (χ0) is 18.7. The van der Waals surface area contributed by atoms with Crippen LogP contribution in [0.5, 0.6) is 11.5 Å². The molecule has 7 heteroatoms. The molecule has 3 unspecified atom stereocenters. The Morgan fingerprint density at radius 3 is 2.77 bits per heavy atom. The minimum Gasteiger partial charge on any atom is -0.493 e. The van der Waals surface area contributed by atoms with Crippen molar-refractivity contribution in [1.29, 1.82) is 5.26 Å². The van der Waals surface area contributed by atoms with E-state index in [0.717, 1.165) is 25.7 Å². The van der Waals surface area contributed by atoms with E-state index in [-0.39, 0.29) is 24.5 Å². The van der Waals surface area contributed by atoms with Crippen LogP contribution in [0.2, 0.25) is 0 Å². The summed E-state index contributed by atoms with van der Waals surface area (Å²) in [4.78, 5) is 25.9. The van der Waals surface area contributed by atoms with Crippen molar-refractivity contribution in [3.63, 3.8) is 0 Å². The first-order chi connectivity index (χ1) is 12.5. The number of carboxylic acid groups (broad SMARTS) is 1. The van der Waals surface area contributed by atoms with Gasteiger partial charge in [0.1, 0.15) is 6.04 Å². The maximum Gasteiger partial charge on any atom is 0.326 e. The van der Waals surface area contributed by atoms with Gasteiger partial charge in [0.05, 0.1) is 18.7 Å². The van der Waals surface area contributed by atoms with E-state index in [9.17, 15) is 14.7 Å². The second-order valence-electron chi connectivity index (χ2n) is 6.77. The highest BCUT2D eigenvalue weighted by Crippen LogP contribution is 2.40. The van der Waals surface area contributed by atoms with Gasteiger partial charge in [-0.3, -0.25) is 4.79 Å². The van der Waals surface area contributed by atoms with Crippen molar-refractivity contribution in [2.75, 3.05) is 13.7 Å². The van der Waals surface area contributed by atoms with E-state index in [1.165, 1.54) is 18.1 Å². The number of likely N-dealkylation sites (tertiary alicyclic amines) is 1.